The van der Waals surface area contributed by atoms with Crippen LogP contribution in [0.25, 0.3) is 20.5 Å². The molecule has 5 nitrogen and oxygen atoms in total. The Morgan fingerprint density at radius 1 is 1.14 bits per heavy atom. The van der Waals surface area contributed by atoms with Crippen molar-refractivity contribution in [1.82, 2.24) is 0 Å². The van der Waals surface area contributed by atoms with Gasteiger partial charge < -0.3 is 14.6 Å². The van der Waals surface area contributed by atoms with Crippen molar-refractivity contribution in [2.45, 2.75) is 32.8 Å². The first-order valence-corrected chi connectivity index (χ1v) is 10.1. The molecule has 0 radical (unpaired) electrons. The number of rotatable bonds is 7. The topological polar surface area (TPSA) is 67.8 Å². The van der Waals surface area contributed by atoms with Crippen LogP contribution < -0.4 is 10.1 Å². The maximum Gasteiger partial charge on any atom is 0.412 e. The fraction of sp³-hybridized carbons (Fsp3) is 0.318. The summed E-state index contributed by atoms with van der Waals surface area (Å²) in [5.41, 5.74) is 1.29. The Balaban J connectivity index is 1.71. The van der Waals surface area contributed by atoms with Crippen LogP contribution in [0.3, 0.4) is 0 Å². The fourth-order valence-corrected chi connectivity index (χ4v) is 3.69. The third-order valence-electron chi connectivity index (χ3n) is 4.49. The van der Waals surface area contributed by atoms with Gasteiger partial charge in [-0.2, -0.15) is 0 Å². The number of hydrogen-bond donors (Lipinski definition) is 2. The van der Waals surface area contributed by atoms with Crippen molar-refractivity contribution in [1.29, 1.82) is 0 Å². The van der Waals surface area contributed by atoms with Gasteiger partial charge in [-0.05, 0) is 67.6 Å². The van der Waals surface area contributed by atoms with Crippen LogP contribution in [-0.2, 0) is 4.74 Å². The SMILES string of the molecule is CCC(C)(C)OC(=O)Nc1ccc(-c2cc3ccc(OCCO)cc3s2)cc1. The molecule has 6 heteroatoms. The van der Waals surface area contributed by atoms with Crippen molar-refractivity contribution < 1.29 is 19.4 Å². The number of hydrogen-bond acceptors (Lipinski definition) is 5. The normalized spacial score (nSPS) is 11.4. The summed E-state index contributed by atoms with van der Waals surface area (Å²) in [6.45, 7) is 6.04. The molecule has 0 saturated heterocycles. The number of benzene rings is 2. The summed E-state index contributed by atoms with van der Waals surface area (Å²) < 4.78 is 12.0. The van der Waals surface area contributed by atoms with E-state index < -0.39 is 11.7 Å². The van der Waals surface area contributed by atoms with Gasteiger partial charge in [0.1, 0.15) is 18.0 Å². The molecule has 1 aromatic heterocycles. The van der Waals surface area contributed by atoms with E-state index in [1.807, 2.05) is 63.2 Å². The van der Waals surface area contributed by atoms with E-state index in [2.05, 4.69) is 11.4 Å². The number of amides is 1. The molecule has 0 bridgehead atoms. The quantitative estimate of drug-likeness (QED) is 0.537. The third-order valence-corrected chi connectivity index (χ3v) is 5.63. The van der Waals surface area contributed by atoms with Gasteiger partial charge >= 0.3 is 6.09 Å². The highest BCUT2D eigenvalue weighted by molar-refractivity contribution is 7.22. The van der Waals surface area contributed by atoms with Crippen LogP contribution in [0.15, 0.2) is 48.5 Å². The van der Waals surface area contributed by atoms with Gasteiger partial charge in [0.05, 0.1) is 6.61 Å². The molecule has 1 heterocycles. The molecule has 3 aromatic rings. The van der Waals surface area contributed by atoms with Crippen molar-refractivity contribution in [2.75, 3.05) is 18.5 Å². The van der Waals surface area contributed by atoms with Crippen molar-refractivity contribution >= 4 is 33.2 Å². The monoisotopic (exact) mass is 399 g/mol. The second kappa shape index (κ2) is 8.63. The zero-order valence-corrected chi connectivity index (χ0v) is 17.1. The lowest BCUT2D eigenvalue weighted by Gasteiger charge is -2.23. The highest BCUT2D eigenvalue weighted by Crippen LogP contribution is 2.35. The number of thiophene rings is 1. The number of aliphatic hydroxyl groups excluding tert-OH is 1. The van der Waals surface area contributed by atoms with Gasteiger partial charge in [-0.3, -0.25) is 5.32 Å². The number of ether oxygens (including phenoxy) is 2. The third kappa shape index (κ3) is 5.03. The Hall–Kier alpha value is -2.57. The maximum atomic E-state index is 12.0. The average Bonchev–Trinajstić information content (AvgIpc) is 3.09. The predicted octanol–water partition coefficient (Wildman–Crippen LogP) is 5.68. The van der Waals surface area contributed by atoms with Crippen LogP contribution in [0.4, 0.5) is 10.5 Å². The Bertz CT molecular complexity index is 947. The summed E-state index contributed by atoms with van der Waals surface area (Å²) >= 11 is 1.67. The average molecular weight is 400 g/mol. The highest BCUT2D eigenvalue weighted by atomic mass is 32.1. The van der Waals surface area contributed by atoms with Crippen LogP contribution in [0.5, 0.6) is 5.75 Å². The second-order valence-electron chi connectivity index (χ2n) is 7.09. The van der Waals surface area contributed by atoms with Crippen LogP contribution in [0.1, 0.15) is 27.2 Å². The zero-order valence-electron chi connectivity index (χ0n) is 16.3. The lowest BCUT2D eigenvalue weighted by molar-refractivity contribution is 0.0462. The standard InChI is InChI=1S/C22H25NO4S/c1-4-22(2,3)27-21(25)23-17-8-5-15(6-9-17)19-13-16-7-10-18(26-12-11-24)14-20(16)28-19/h5-10,13-14,24H,4,11-12H2,1-3H3,(H,23,25). The number of anilines is 1. The molecule has 2 aromatic carbocycles. The number of fused-ring (bicyclic) bond motifs is 1. The lowest BCUT2D eigenvalue weighted by Crippen LogP contribution is -2.29. The number of carbonyl (C=O) groups is 1. The van der Waals surface area contributed by atoms with Crippen LogP contribution in [0, 0.1) is 0 Å². The van der Waals surface area contributed by atoms with Gasteiger partial charge in [-0.1, -0.05) is 19.1 Å². The number of aliphatic hydroxyl groups is 1. The lowest BCUT2D eigenvalue weighted by atomic mass is 10.1. The van der Waals surface area contributed by atoms with Gasteiger partial charge in [0.15, 0.2) is 0 Å². The molecule has 0 saturated carbocycles. The molecular formula is C22H25NO4S. The largest absolute Gasteiger partial charge is 0.491 e. The van der Waals surface area contributed by atoms with Crippen LogP contribution in [0.2, 0.25) is 0 Å². The minimum Gasteiger partial charge on any atom is -0.491 e. The first kappa shape index (κ1) is 20.2. The summed E-state index contributed by atoms with van der Waals surface area (Å²) in [5, 5.41) is 12.8. The van der Waals surface area contributed by atoms with Crippen molar-refractivity contribution in [3.63, 3.8) is 0 Å². The van der Waals surface area contributed by atoms with Gasteiger partial charge in [-0.25, -0.2) is 4.79 Å². The molecule has 0 spiro atoms. The van der Waals surface area contributed by atoms with Crippen LogP contribution >= 0.6 is 11.3 Å². The smallest absolute Gasteiger partial charge is 0.412 e. The minimum absolute atomic E-state index is 0.00239. The minimum atomic E-state index is -0.485. The molecule has 3 rings (SSSR count). The van der Waals surface area contributed by atoms with E-state index >= 15 is 0 Å². The maximum absolute atomic E-state index is 12.0. The van der Waals surface area contributed by atoms with E-state index in [4.69, 9.17) is 14.6 Å². The fourth-order valence-electron chi connectivity index (χ4n) is 2.59. The molecule has 0 aliphatic rings. The van der Waals surface area contributed by atoms with Gasteiger partial charge in [0.2, 0.25) is 0 Å². The molecule has 0 fully saturated rings. The Morgan fingerprint density at radius 2 is 1.89 bits per heavy atom. The summed E-state index contributed by atoms with van der Waals surface area (Å²) in [6, 6.07) is 15.7. The molecule has 148 valence electrons. The van der Waals surface area contributed by atoms with E-state index in [0.29, 0.717) is 5.69 Å². The molecule has 0 aliphatic carbocycles. The molecule has 2 N–H and O–H groups in total. The van der Waals surface area contributed by atoms with Crippen molar-refractivity contribution in [3.8, 4) is 16.2 Å². The van der Waals surface area contributed by atoms with Crippen molar-refractivity contribution in [2.24, 2.45) is 0 Å². The summed E-state index contributed by atoms with van der Waals surface area (Å²) in [7, 11) is 0. The van der Waals surface area contributed by atoms with Gasteiger partial charge in [0.25, 0.3) is 0 Å². The number of nitrogens with one attached hydrogen (secondary N) is 1. The zero-order chi connectivity index (χ0) is 20.1. The molecule has 0 atom stereocenters. The Labute approximate surface area is 168 Å². The summed E-state index contributed by atoms with van der Waals surface area (Å²) in [4.78, 5) is 13.1. The Morgan fingerprint density at radius 3 is 2.57 bits per heavy atom. The molecular weight excluding hydrogens is 374 g/mol. The first-order chi connectivity index (χ1) is 13.4. The summed E-state index contributed by atoms with van der Waals surface area (Å²) in [6.07, 6.45) is 0.301. The highest BCUT2D eigenvalue weighted by Gasteiger charge is 2.20. The van der Waals surface area contributed by atoms with E-state index in [9.17, 15) is 4.79 Å². The van der Waals surface area contributed by atoms with Crippen LogP contribution in [-0.4, -0.2) is 30.0 Å². The second-order valence-corrected chi connectivity index (χ2v) is 8.17. The van der Waals surface area contributed by atoms with Gasteiger partial charge in [-0.15, -0.1) is 11.3 Å². The molecule has 0 unspecified atom stereocenters. The summed E-state index contributed by atoms with van der Waals surface area (Å²) in [5.74, 6) is 0.753. The molecule has 1 amide bonds. The molecule has 0 aliphatic heterocycles. The van der Waals surface area contributed by atoms with E-state index in [1.165, 1.54) is 0 Å². The Kier molecular flexibility index (Phi) is 6.21. The van der Waals surface area contributed by atoms with Crippen molar-refractivity contribution in [3.05, 3.63) is 48.5 Å². The van der Waals surface area contributed by atoms with Gasteiger partial charge in [0, 0.05) is 15.3 Å². The van der Waals surface area contributed by atoms with E-state index in [-0.39, 0.29) is 13.2 Å². The first-order valence-electron chi connectivity index (χ1n) is 9.28. The predicted molar refractivity (Wildman–Crippen MR) is 114 cm³/mol. The van der Waals surface area contributed by atoms with E-state index in [0.717, 1.165) is 32.7 Å². The van der Waals surface area contributed by atoms with E-state index in [1.54, 1.807) is 11.3 Å². The number of carbonyl (C=O) groups excluding carboxylic acids is 1. The molecule has 28 heavy (non-hydrogen) atoms.